The number of unbranched alkanes of at least 4 members (excludes halogenated alkanes) is 1. The number of carbonyl (C=O) groups excluding carboxylic acids is 1. The SMILES string of the molecule is CCCCc1cc(F)ccc1C(=O)Oc1ccccc1. The summed E-state index contributed by atoms with van der Waals surface area (Å²) < 4.78 is 18.6. The smallest absolute Gasteiger partial charge is 0.343 e. The summed E-state index contributed by atoms with van der Waals surface area (Å²) in [6.07, 6.45) is 2.58. The number of ether oxygens (including phenoxy) is 1. The van der Waals surface area contributed by atoms with E-state index in [0.717, 1.165) is 12.8 Å². The van der Waals surface area contributed by atoms with Gasteiger partial charge in [0, 0.05) is 0 Å². The van der Waals surface area contributed by atoms with E-state index in [1.54, 1.807) is 24.3 Å². The summed E-state index contributed by atoms with van der Waals surface area (Å²) in [4.78, 5) is 12.2. The Kier molecular flexibility index (Phi) is 4.88. The summed E-state index contributed by atoms with van der Waals surface area (Å²) in [7, 11) is 0. The Morgan fingerprint density at radius 1 is 1.15 bits per heavy atom. The fourth-order valence-corrected chi connectivity index (χ4v) is 1.99. The van der Waals surface area contributed by atoms with Crippen molar-refractivity contribution in [3.8, 4) is 5.75 Å². The molecule has 20 heavy (non-hydrogen) atoms. The van der Waals surface area contributed by atoms with Gasteiger partial charge in [-0.05, 0) is 48.7 Å². The molecule has 0 fully saturated rings. The Bertz CT molecular complexity index is 579. The molecule has 0 heterocycles. The number of hydrogen-bond acceptors (Lipinski definition) is 2. The van der Waals surface area contributed by atoms with Gasteiger partial charge in [-0.3, -0.25) is 0 Å². The molecular formula is C17H17FO2. The quantitative estimate of drug-likeness (QED) is 0.596. The molecule has 0 spiro atoms. The average Bonchev–Trinajstić information content (AvgIpc) is 2.46. The van der Waals surface area contributed by atoms with E-state index in [0.29, 0.717) is 23.3 Å². The van der Waals surface area contributed by atoms with E-state index in [9.17, 15) is 9.18 Å². The zero-order chi connectivity index (χ0) is 14.4. The number of esters is 1. The molecule has 0 amide bonds. The summed E-state index contributed by atoms with van der Waals surface area (Å²) in [6.45, 7) is 2.06. The van der Waals surface area contributed by atoms with Crippen LogP contribution in [0.5, 0.6) is 5.75 Å². The molecule has 0 atom stereocenters. The first-order valence-corrected chi connectivity index (χ1v) is 6.76. The zero-order valence-corrected chi connectivity index (χ0v) is 11.4. The third-order valence-electron chi connectivity index (χ3n) is 3.04. The van der Waals surface area contributed by atoms with E-state index in [2.05, 4.69) is 6.92 Å². The van der Waals surface area contributed by atoms with Crippen molar-refractivity contribution in [2.45, 2.75) is 26.2 Å². The molecule has 2 aromatic carbocycles. The van der Waals surface area contributed by atoms with Crippen molar-refractivity contribution in [2.24, 2.45) is 0 Å². The van der Waals surface area contributed by atoms with Gasteiger partial charge in [0.2, 0.25) is 0 Å². The van der Waals surface area contributed by atoms with Crippen molar-refractivity contribution in [1.29, 1.82) is 0 Å². The Balaban J connectivity index is 2.20. The number of rotatable bonds is 5. The lowest BCUT2D eigenvalue weighted by Crippen LogP contribution is -2.11. The predicted octanol–water partition coefficient (Wildman–Crippen LogP) is 4.39. The second-order valence-corrected chi connectivity index (χ2v) is 4.61. The second kappa shape index (κ2) is 6.85. The van der Waals surface area contributed by atoms with Gasteiger partial charge < -0.3 is 4.74 Å². The minimum atomic E-state index is -0.442. The monoisotopic (exact) mass is 272 g/mol. The minimum absolute atomic E-state index is 0.327. The van der Waals surface area contributed by atoms with Crippen LogP contribution in [0.1, 0.15) is 35.7 Å². The molecule has 104 valence electrons. The number of carbonyl (C=O) groups is 1. The molecule has 2 aromatic rings. The Hall–Kier alpha value is -2.16. The van der Waals surface area contributed by atoms with E-state index in [-0.39, 0.29) is 5.82 Å². The van der Waals surface area contributed by atoms with E-state index in [1.165, 1.54) is 18.2 Å². The van der Waals surface area contributed by atoms with Crippen molar-refractivity contribution < 1.29 is 13.9 Å². The highest BCUT2D eigenvalue weighted by Gasteiger charge is 2.14. The van der Waals surface area contributed by atoms with Gasteiger partial charge in [0.05, 0.1) is 5.56 Å². The van der Waals surface area contributed by atoms with Crippen molar-refractivity contribution in [2.75, 3.05) is 0 Å². The van der Waals surface area contributed by atoms with Gasteiger partial charge in [0.1, 0.15) is 11.6 Å². The Morgan fingerprint density at radius 2 is 1.90 bits per heavy atom. The molecule has 0 aliphatic heterocycles. The highest BCUT2D eigenvalue weighted by molar-refractivity contribution is 5.92. The van der Waals surface area contributed by atoms with Crippen LogP contribution in [0.3, 0.4) is 0 Å². The third-order valence-corrected chi connectivity index (χ3v) is 3.04. The number of benzene rings is 2. The molecule has 0 bridgehead atoms. The molecule has 0 saturated heterocycles. The van der Waals surface area contributed by atoms with Gasteiger partial charge in [-0.25, -0.2) is 9.18 Å². The van der Waals surface area contributed by atoms with E-state index < -0.39 is 5.97 Å². The van der Waals surface area contributed by atoms with Gasteiger partial charge in [-0.2, -0.15) is 0 Å². The predicted molar refractivity (Wildman–Crippen MR) is 76.4 cm³/mol. The standard InChI is InChI=1S/C17H17FO2/c1-2-3-7-13-12-14(18)10-11-16(13)17(19)20-15-8-5-4-6-9-15/h4-6,8-12H,2-3,7H2,1H3. The van der Waals surface area contributed by atoms with Crippen LogP contribution >= 0.6 is 0 Å². The lowest BCUT2D eigenvalue weighted by atomic mass is 10.0. The van der Waals surface area contributed by atoms with Crippen molar-refractivity contribution in [3.05, 3.63) is 65.5 Å². The first kappa shape index (κ1) is 14.3. The van der Waals surface area contributed by atoms with Crippen LogP contribution < -0.4 is 4.74 Å². The highest BCUT2D eigenvalue weighted by Crippen LogP contribution is 2.18. The van der Waals surface area contributed by atoms with Crippen molar-refractivity contribution >= 4 is 5.97 Å². The van der Waals surface area contributed by atoms with Gasteiger partial charge in [-0.1, -0.05) is 31.5 Å². The van der Waals surface area contributed by atoms with Crippen LogP contribution in [-0.4, -0.2) is 5.97 Å². The lowest BCUT2D eigenvalue weighted by molar-refractivity contribution is 0.0733. The first-order valence-electron chi connectivity index (χ1n) is 6.76. The van der Waals surface area contributed by atoms with Crippen molar-refractivity contribution in [3.63, 3.8) is 0 Å². The first-order chi connectivity index (χ1) is 9.70. The Labute approximate surface area is 118 Å². The van der Waals surface area contributed by atoms with Crippen LogP contribution in [0.15, 0.2) is 48.5 Å². The summed E-state index contributed by atoms with van der Waals surface area (Å²) in [5.74, 6) is -0.280. The average molecular weight is 272 g/mol. The molecule has 0 aliphatic carbocycles. The minimum Gasteiger partial charge on any atom is -0.423 e. The lowest BCUT2D eigenvalue weighted by Gasteiger charge is -2.09. The summed E-state index contributed by atoms with van der Waals surface area (Å²) >= 11 is 0. The molecular weight excluding hydrogens is 255 g/mol. The van der Waals surface area contributed by atoms with Gasteiger partial charge in [0.25, 0.3) is 0 Å². The van der Waals surface area contributed by atoms with E-state index >= 15 is 0 Å². The van der Waals surface area contributed by atoms with Gasteiger partial charge >= 0.3 is 5.97 Å². The molecule has 0 aromatic heterocycles. The molecule has 0 aliphatic rings. The topological polar surface area (TPSA) is 26.3 Å². The summed E-state index contributed by atoms with van der Waals surface area (Å²) in [6, 6.07) is 13.1. The summed E-state index contributed by atoms with van der Waals surface area (Å²) in [5.41, 5.74) is 1.14. The summed E-state index contributed by atoms with van der Waals surface area (Å²) in [5, 5.41) is 0. The second-order valence-electron chi connectivity index (χ2n) is 4.61. The molecule has 0 saturated carbocycles. The molecule has 2 rings (SSSR count). The fourth-order valence-electron chi connectivity index (χ4n) is 1.99. The van der Waals surface area contributed by atoms with Crippen LogP contribution in [0, 0.1) is 5.82 Å². The largest absolute Gasteiger partial charge is 0.423 e. The highest BCUT2D eigenvalue weighted by atomic mass is 19.1. The van der Waals surface area contributed by atoms with Crippen LogP contribution in [0.25, 0.3) is 0 Å². The van der Waals surface area contributed by atoms with E-state index in [1.807, 2.05) is 6.07 Å². The number of para-hydroxylation sites is 1. The normalized spacial score (nSPS) is 10.3. The fraction of sp³-hybridized carbons (Fsp3) is 0.235. The zero-order valence-electron chi connectivity index (χ0n) is 11.4. The molecule has 0 radical (unpaired) electrons. The van der Waals surface area contributed by atoms with Crippen LogP contribution in [-0.2, 0) is 6.42 Å². The Morgan fingerprint density at radius 3 is 2.60 bits per heavy atom. The maximum atomic E-state index is 13.3. The van der Waals surface area contributed by atoms with Gasteiger partial charge in [0.15, 0.2) is 0 Å². The van der Waals surface area contributed by atoms with Crippen molar-refractivity contribution in [1.82, 2.24) is 0 Å². The molecule has 2 nitrogen and oxygen atoms in total. The number of halogens is 1. The molecule has 0 unspecified atom stereocenters. The van der Waals surface area contributed by atoms with Crippen LogP contribution in [0.2, 0.25) is 0 Å². The number of hydrogen-bond donors (Lipinski definition) is 0. The third kappa shape index (κ3) is 3.67. The maximum Gasteiger partial charge on any atom is 0.343 e. The molecule has 0 N–H and O–H groups in total. The maximum absolute atomic E-state index is 13.3. The molecule has 3 heteroatoms. The van der Waals surface area contributed by atoms with E-state index in [4.69, 9.17) is 4.74 Å². The van der Waals surface area contributed by atoms with Crippen LogP contribution in [0.4, 0.5) is 4.39 Å². The van der Waals surface area contributed by atoms with Gasteiger partial charge in [-0.15, -0.1) is 0 Å². The number of aryl methyl sites for hydroxylation is 1.